The zero-order valence-corrected chi connectivity index (χ0v) is 13.8. The largest absolute Gasteiger partial charge is 0.478 e. The minimum absolute atomic E-state index is 0.206. The van der Waals surface area contributed by atoms with Crippen LogP contribution in [-0.2, 0) is 17.3 Å². The molecule has 0 radical (unpaired) electrons. The van der Waals surface area contributed by atoms with E-state index in [0.29, 0.717) is 18.8 Å². The summed E-state index contributed by atoms with van der Waals surface area (Å²) in [5, 5.41) is 14.1. The fourth-order valence-electron chi connectivity index (χ4n) is 1.57. The van der Waals surface area contributed by atoms with E-state index in [4.69, 9.17) is 5.11 Å². The SMILES string of the molecule is CC(C)(C)S(=O)CCNC(=O)NCc1ccc(C(=O)O)cc1. The minimum atomic E-state index is -0.999. The fraction of sp³-hybridized carbons (Fsp3) is 0.467. The number of aromatic carboxylic acids is 1. The summed E-state index contributed by atoms with van der Waals surface area (Å²) in [5.41, 5.74) is 1.01. The lowest BCUT2D eigenvalue weighted by atomic mass is 10.1. The van der Waals surface area contributed by atoms with Gasteiger partial charge in [-0.15, -0.1) is 0 Å². The average molecular weight is 326 g/mol. The third-order valence-corrected chi connectivity index (χ3v) is 4.85. The smallest absolute Gasteiger partial charge is 0.335 e. The highest BCUT2D eigenvalue weighted by atomic mass is 32.2. The van der Waals surface area contributed by atoms with E-state index in [1.54, 1.807) is 12.1 Å². The van der Waals surface area contributed by atoms with Crippen molar-refractivity contribution in [3.05, 3.63) is 35.4 Å². The summed E-state index contributed by atoms with van der Waals surface area (Å²) in [6.45, 7) is 6.32. The highest BCUT2D eigenvalue weighted by Crippen LogP contribution is 2.10. The molecule has 6 nitrogen and oxygen atoms in total. The van der Waals surface area contributed by atoms with E-state index in [9.17, 15) is 13.8 Å². The molecule has 1 aromatic carbocycles. The Morgan fingerprint density at radius 3 is 2.23 bits per heavy atom. The Kier molecular flexibility index (Phi) is 6.55. The molecule has 0 fully saturated rings. The Bertz CT molecular complexity index is 550. The van der Waals surface area contributed by atoms with Crippen LogP contribution >= 0.6 is 0 Å². The molecule has 0 aliphatic carbocycles. The van der Waals surface area contributed by atoms with Crippen LogP contribution in [0.2, 0.25) is 0 Å². The summed E-state index contributed by atoms with van der Waals surface area (Å²) in [6, 6.07) is 5.94. The van der Waals surface area contributed by atoms with Gasteiger partial charge in [-0.3, -0.25) is 4.21 Å². The molecule has 1 atom stereocenters. The lowest BCUT2D eigenvalue weighted by Gasteiger charge is -2.17. The standard InChI is InChI=1S/C15H22N2O4S/c1-15(2,3)22(21)9-8-16-14(20)17-10-11-4-6-12(7-5-11)13(18)19/h4-7H,8-10H2,1-3H3,(H,18,19)(H2,16,17,20). The number of carbonyl (C=O) groups is 2. The van der Waals surface area contributed by atoms with Crippen LogP contribution in [0.4, 0.5) is 4.79 Å². The van der Waals surface area contributed by atoms with Gasteiger partial charge in [0.2, 0.25) is 0 Å². The maximum Gasteiger partial charge on any atom is 0.335 e. The number of hydrogen-bond donors (Lipinski definition) is 3. The van der Waals surface area contributed by atoms with Crippen molar-refractivity contribution in [3.63, 3.8) is 0 Å². The second-order valence-corrected chi connectivity index (χ2v) is 8.10. The first kappa shape index (κ1) is 18.2. The van der Waals surface area contributed by atoms with Gasteiger partial charge in [-0.05, 0) is 38.5 Å². The van der Waals surface area contributed by atoms with Crippen molar-refractivity contribution in [3.8, 4) is 0 Å². The zero-order chi connectivity index (χ0) is 16.8. The molecule has 1 unspecified atom stereocenters. The van der Waals surface area contributed by atoms with E-state index in [1.807, 2.05) is 20.8 Å². The Labute approximate surface area is 132 Å². The van der Waals surface area contributed by atoms with Crippen LogP contribution in [-0.4, -0.2) is 38.4 Å². The Morgan fingerprint density at radius 1 is 1.14 bits per heavy atom. The van der Waals surface area contributed by atoms with Gasteiger partial charge in [0.05, 0.1) is 5.56 Å². The molecule has 0 aliphatic rings. The number of urea groups is 1. The van der Waals surface area contributed by atoms with E-state index >= 15 is 0 Å². The molecule has 1 rings (SSSR count). The van der Waals surface area contributed by atoms with Crippen molar-refractivity contribution >= 4 is 22.8 Å². The second-order valence-electron chi connectivity index (χ2n) is 5.77. The molecular formula is C15H22N2O4S. The van der Waals surface area contributed by atoms with E-state index in [1.165, 1.54) is 12.1 Å². The first-order valence-electron chi connectivity index (χ1n) is 6.92. The summed E-state index contributed by atoms with van der Waals surface area (Å²) in [6.07, 6.45) is 0. The maximum atomic E-state index is 11.8. The summed E-state index contributed by atoms with van der Waals surface area (Å²) in [5.74, 6) is -0.575. The second kappa shape index (κ2) is 7.93. The van der Waals surface area contributed by atoms with Gasteiger partial charge in [0, 0.05) is 34.4 Å². The van der Waals surface area contributed by atoms with Gasteiger partial charge in [-0.2, -0.15) is 0 Å². The van der Waals surface area contributed by atoms with Gasteiger partial charge >= 0.3 is 12.0 Å². The number of rotatable bonds is 6. The van der Waals surface area contributed by atoms with Gasteiger partial charge in [0.25, 0.3) is 0 Å². The van der Waals surface area contributed by atoms with Crippen LogP contribution < -0.4 is 10.6 Å². The third kappa shape index (κ3) is 6.26. The van der Waals surface area contributed by atoms with Crippen molar-refractivity contribution in [1.29, 1.82) is 0 Å². The number of nitrogens with one attached hydrogen (secondary N) is 2. The highest BCUT2D eigenvalue weighted by molar-refractivity contribution is 7.86. The first-order valence-corrected chi connectivity index (χ1v) is 8.24. The van der Waals surface area contributed by atoms with Crippen molar-refractivity contribution in [2.45, 2.75) is 32.1 Å². The van der Waals surface area contributed by atoms with Gasteiger partial charge in [0.15, 0.2) is 0 Å². The molecule has 0 saturated heterocycles. The third-order valence-electron chi connectivity index (χ3n) is 2.91. The maximum absolute atomic E-state index is 11.8. The van der Waals surface area contributed by atoms with Crippen LogP contribution in [0.3, 0.4) is 0 Å². The molecule has 2 amide bonds. The Hall–Kier alpha value is -1.89. The average Bonchev–Trinajstić information content (AvgIpc) is 2.44. The number of amides is 2. The van der Waals surface area contributed by atoms with E-state index in [2.05, 4.69) is 10.6 Å². The molecule has 7 heteroatoms. The molecule has 0 aromatic heterocycles. The van der Waals surface area contributed by atoms with Crippen molar-refractivity contribution in [2.75, 3.05) is 12.3 Å². The molecule has 0 aliphatic heterocycles. The molecule has 0 bridgehead atoms. The minimum Gasteiger partial charge on any atom is -0.478 e. The number of benzene rings is 1. The molecule has 0 saturated carbocycles. The Morgan fingerprint density at radius 2 is 1.73 bits per heavy atom. The molecule has 0 spiro atoms. The van der Waals surface area contributed by atoms with Gasteiger partial charge in [-0.1, -0.05) is 12.1 Å². The summed E-state index contributed by atoms with van der Waals surface area (Å²) >= 11 is 0. The number of carboxylic acids is 1. The van der Waals surface area contributed by atoms with E-state index < -0.39 is 16.8 Å². The highest BCUT2D eigenvalue weighted by Gasteiger charge is 2.18. The summed E-state index contributed by atoms with van der Waals surface area (Å²) in [4.78, 5) is 22.3. The Balaban J connectivity index is 2.31. The number of hydrogen-bond acceptors (Lipinski definition) is 3. The van der Waals surface area contributed by atoms with Crippen LogP contribution in [0.15, 0.2) is 24.3 Å². The van der Waals surface area contributed by atoms with Crippen molar-refractivity contribution < 1.29 is 18.9 Å². The lowest BCUT2D eigenvalue weighted by molar-refractivity contribution is 0.0697. The number of carbonyl (C=O) groups excluding carboxylic acids is 1. The van der Waals surface area contributed by atoms with Crippen LogP contribution in [0.5, 0.6) is 0 Å². The van der Waals surface area contributed by atoms with E-state index in [-0.39, 0.29) is 16.3 Å². The molecular weight excluding hydrogens is 304 g/mol. The van der Waals surface area contributed by atoms with Crippen LogP contribution in [0, 0.1) is 0 Å². The number of carboxylic acid groups (broad SMARTS) is 1. The van der Waals surface area contributed by atoms with E-state index in [0.717, 1.165) is 5.56 Å². The van der Waals surface area contributed by atoms with Crippen molar-refractivity contribution in [2.24, 2.45) is 0 Å². The van der Waals surface area contributed by atoms with Crippen LogP contribution in [0.25, 0.3) is 0 Å². The van der Waals surface area contributed by atoms with Gasteiger partial charge in [0.1, 0.15) is 0 Å². The normalized spacial score (nSPS) is 12.5. The predicted octanol–water partition coefficient (Wildman–Crippen LogP) is 1.73. The zero-order valence-electron chi connectivity index (χ0n) is 13.0. The van der Waals surface area contributed by atoms with Gasteiger partial charge in [-0.25, -0.2) is 9.59 Å². The molecule has 22 heavy (non-hydrogen) atoms. The lowest BCUT2D eigenvalue weighted by Crippen LogP contribution is -2.38. The molecule has 3 N–H and O–H groups in total. The first-order chi connectivity index (χ1) is 10.2. The molecule has 0 heterocycles. The molecule has 122 valence electrons. The van der Waals surface area contributed by atoms with Crippen LogP contribution in [0.1, 0.15) is 36.7 Å². The summed E-state index contributed by atoms with van der Waals surface area (Å²) in [7, 11) is -0.999. The molecule has 1 aromatic rings. The van der Waals surface area contributed by atoms with Crippen molar-refractivity contribution in [1.82, 2.24) is 10.6 Å². The van der Waals surface area contributed by atoms with Gasteiger partial charge < -0.3 is 15.7 Å². The fourth-order valence-corrected chi connectivity index (χ4v) is 2.47. The monoisotopic (exact) mass is 326 g/mol. The predicted molar refractivity (Wildman–Crippen MR) is 86.4 cm³/mol. The summed E-state index contributed by atoms with van der Waals surface area (Å²) < 4.78 is 11.5. The topological polar surface area (TPSA) is 95.5 Å². The quantitative estimate of drug-likeness (QED) is 0.742.